The van der Waals surface area contributed by atoms with Crippen LogP contribution in [0.2, 0.25) is 0 Å². The lowest BCUT2D eigenvalue weighted by Crippen LogP contribution is -2.17. The molecule has 0 aliphatic carbocycles. The molecule has 90 valence electrons. The Kier molecular flexibility index (Phi) is 4.73. The van der Waals surface area contributed by atoms with Gasteiger partial charge in [0.25, 0.3) is 0 Å². The summed E-state index contributed by atoms with van der Waals surface area (Å²) in [5.74, 6) is 0. The average Bonchev–Trinajstić information content (AvgIpc) is 2.24. The molecule has 0 radical (unpaired) electrons. The van der Waals surface area contributed by atoms with Gasteiger partial charge in [0.15, 0.2) is 0 Å². The van der Waals surface area contributed by atoms with Gasteiger partial charge in [0.2, 0.25) is 0 Å². The van der Waals surface area contributed by atoms with Crippen LogP contribution < -0.4 is 5.32 Å². The van der Waals surface area contributed by atoms with Crippen molar-refractivity contribution in [2.75, 3.05) is 7.05 Å². The number of nitrogens with zero attached hydrogens (tertiary/aromatic N) is 1. The molecule has 1 rings (SSSR count). The highest BCUT2D eigenvalue weighted by Crippen LogP contribution is 2.25. The van der Waals surface area contributed by atoms with Crippen molar-refractivity contribution in [1.82, 2.24) is 10.3 Å². The van der Waals surface area contributed by atoms with Crippen LogP contribution in [0.25, 0.3) is 0 Å². The summed E-state index contributed by atoms with van der Waals surface area (Å²) in [6, 6.07) is 3.58. The third-order valence-electron chi connectivity index (χ3n) is 2.39. The van der Waals surface area contributed by atoms with E-state index in [0.717, 1.165) is 5.56 Å². The van der Waals surface area contributed by atoms with Crippen LogP contribution >= 0.6 is 0 Å². The number of hydrogen-bond donors (Lipinski definition) is 1. The average molecular weight is 232 g/mol. The predicted octanol–water partition coefficient (Wildman–Crippen LogP) is 3.07. The van der Waals surface area contributed by atoms with Gasteiger partial charge in [0.05, 0.1) is 0 Å². The zero-order valence-electron chi connectivity index (χ0n) is 9.09. The van der Waals surface area contributed by atoms with Crippen molar-refractivity contribution < 1.29 is 13.2 Å². The van der Waals surface area contributed by atoms with Crippen molar-refractivity contribution in [1.29, 1.82) is 0 Å². The third kappa shape index (κ3) is 4.61. The Morgan fingerprint density at radius 1 is 1.44 bits per heavy atom. The first-order valence-electron chi connectivity index (χ1n) is 5.17. The molecule has 2 nitrogen and oxygen atoms in total. The lowest BCUT2D eigenvalue weighted by Gasteiger charge is -2.16. The van der Waals surface area contributed by atoms with E-state index < -0.39 is 12.6 Å². The molecule has 5 heteroatoms. The molecule has 1 heterocycles. The Labute approximate surface area is 92.9 Å². The van der Waals surface area contributed by atoms with E-state index in [-0.39, 0.29) is 12.5 Å². The van der Waals surface area contributed by atoms with Crippen LogP contribution in [0.15, 0.2) is 24.5 Å². The zero-order valence-corrected chi connectivity index (χ0v) is 9.09. The minimum Gasteiger partial charge on any atom is -0.313 e. The molecule has 1 aromatic rings. The van der Waals surface area contributed by atoms with Crippen molar-refractivity contribution in [2.24, 2.45) is 0 Å². The molecule has 16 heavy (non-hydrogen) atoms. The predicted molar refractivity (Wildman–Crippen MR) is 55.9 cm³/mol. The fourth-order valence-corrected chi connectivity index (χ4v) is 1.57. The molecular weight excluding hydrogens is 217 g/mol. The van der Waals surface area contributed by atoms with Gasteiger partial charge in [-0.25, -0.2) is 0 Å². The minimum atomic E-state index is -4.06. The second-order valence-electron chi connectivity index (χ2n) is 3.64. The quantitative estimate of drug-likeness (QED) is 0.843. The zero-order chi connectivity index (χ0) is 12.0. The first-order chi connectivity index (χ1) is 7.53. The number of halogens is 3. The summed E-state index contributed by atoms with van der Waals surface area (Å²) in [6.07, 6.45) is -0.884. The van der Waals surface area contributed by atoms with E-state index in [9.17, 15) is 13.2 Å². The van der Waals surface area contributed by atoms with Crippen LogP contribution in [0.4, 0.5) is 13.2 Å². The Bertz CT molecular complexity index is 298. The van der Waals surface area contributed by atoms with E-state index in [1.165, 1.54) is 0 Å². The number of aromatic nitrogens is 1. The van der Waals surface area contributed by atoms with Crippen LogP contribution in [-0.2, 0) is 0 Å². The molecule has 0 aliphatic rings. The van der Waals surface area contributed by atoms with Gasteiger partial charge >= 0.3 is 6.18 Å². The van der Waals surface area contributed by atoms with Crippen LogP contribution in [0.1, 0.15) is 30.9 Å². The second kappa shape index (κ2) is 5.84. The van der Waals surface area contributed by atoms with E-state index >= 15 is 0 Å². The molecule has 0 fully saturated rings. The third-order valence-corrected chi connectivity index (χ3v) is 2.39. The molecule has 0 amide bonds. The molecular formula is C11H15F3N2. The topological polar surface area (TPSA) is 24.9 Å². The maximum atomic E-state index is 12.0. The monoisotopic (exact) mass is 232 g/mol. The van der Waals surface area contributed by atoms with Crippen molar-refractivity contribution in [3.63, 3.8) is 0 Å². The first-order valence-corrected chi connectivity index (χ1v) is 5.17. The summed E-state index contributed by atoms with van der Waals surface area (Å²) in [5, 5.41) is 3.00. The standard InChI is InChI=1S/C11H15F3N2/c1-15-10(5-2-6-11(12,13)14)9-4-3-7-16-8-9/h3-4,7-8,10,15H,2,5-6H2,1H3. The van der Waals surface area contributed by atoms with Gasteiger partial charge in [-0.2, -0.15) is 13.2 Å². The number of nitrogens with one attached hydrogen (secondary N) is 1. The molecule has 0 saturated heterocycles. The highest BCUT2D eigenvalue weighted by molar-refractivity contribution is 5.13. The number of hydrogen-bond acceptors (Lipinski definition) is 2. The van der Waals surface area contributed by atoms with Crippen LogP contribution in [-0.4, -0.2) is 18.2 Å². The van der Waals surface area contributed by atoms with Crippen LogP contribution in [0.5, 0.6) is 0 Å². The number of pyridine rings is 1. The second-order valence-corrected chi connectivity index (χ2v) is 3.64. The van der Waals surface area contributed by atoms with Crippen molar-refractivity contribution in [3.8, 4) is 0 Å². The molecule has 0 aliphatic heterocycles. The number of alkyl halides is 3. The highest BCUT2D eigenvalue weighted by Gasteiger charge is 2.26. The normalized spacial score (nSPS) is 13.8. The molecule has 0 saturated carbocycles. The van der Waals surface area contributed by atoms with E-state index in [2.05, 4.69) is 10.3 Å². The van der Waals surface area contributed by atoms with E-state index in [1.807, 2.05) is 6.07 Å². The van der Waals surface area contributed by atoms with Crippen molar-refractivity contribution in [2.45, 2.75) is 31.5 Å². The first kappa shape index (κ1) is 13.0. The van der Waals surface area contributed by atoms with E-state index in [0.29, 0.717) is 6.42 Å². The smallest absolute Gasteiger partial charge is 0.313 e. The summed E-state index contributed by atoms with van der Waals surface area (Å²) in [7, 11) is 1.74. The SMILES string of the molecule is CNC(CCCC(F)(F)F)c1cccnc1. The van der Waals surface area contributed by atoms with Crippen molar-refractivity contribution in [3.05, 3.63) is 30.1 Å². The lowest BCUT2D eigenvalue weighted by molar-refractivity contribution is -0.135. The lowest BCUT2D eigenvalue weighted by atomic mass is 10.0. The minimum absolute atomic E-state index is 0.0592. The molecule has 0 aromatic carbocycles. The summed E-state index contributed by atoms with van der Waals surface area (Å²) in [6.45, 7) is 0. The fourth-order valence-electron chi connectivity index (χ4n) is 1.57. The van der Waals surface area contributed by atoms with Crippen LogP contribution in [0, 0.1) is 0 Å². The molecule has 1 N–H and O–H groups in total. The summed E-state index contributed by atoms with van der Waals surface area (Å²) in [5.41, 5.74) is 0.923. The van der Waals surface area contributed by atoms with Gasteiger partial charge in [0, 0.05) is 24.9 Å². The summed E-state index contributed by atoms with van der Waals surface area (Å²) >= 11 is 0. The summed E-state index contributed by atoms with van der Waals surface area (Å²) < 4.78 is 35.9. The molecule has 0 bridgehead atoms. The largest absolute Gasteiger partial charge is 0.389 e. The molecule has 0 spiro atoms. The summed E-state index contributed by atoms with van der Waals surface area (Å²) in [4.78, 5) is 3.95. The maximum absolute atomic E-state index is 12.0. The maximum Gasteiger partial charge on any atom is 0.389 e. The molecule has 1 unspecified atom stereocenters. The fraction of sp³-hybridized carbons (Fsp3) is 0.545. The Morgan fingerprint density at radius 2 is 2.19 bits per heavy atom. The Morgan fingerprint density at radius 3 is 2.69 bits per heavy atom. The van der Waals surface area contributed by atoms with E-state index in [1.54, 1.807) is 25.5 Å². The Hall–Kier alpha value is -1.10. The van der Waals surface area contributed by atoms with Gasteiger partial charge in [0.1, 0.15) is 0 Å². The van der Waals surface area contributed by atoms with Gasteiger partial charge in [-0.05, 0) is 31.5 Å². The number of rotatable bonds is 5. The van der Waals surface area contributed by atoms with E-state index in [4.69, 9.17) is 0 Å². The van der Waals surface area contributed by atoms with Gasteiger partial charge in [-0.3, -0.25) is 4.98 Å². The molecule has 1 aromatic heterocycles. The highest BCUT2D eigenvalue weighted by atomic mass is 19.4. The van der Waals surface area contributed by atoms with Crippen molar-refractivity contribution >= 4 is 0 Å². The van der Waals surface area contributed by atoms with Gasteiger partial charge in [-0.15, -0.1) is 0 Å². The van der Waals surface area contributed by atoms with Gasteiger partial charge in [-0.1, -0.05) is 6.07 Å². The van der Waals surface area contributed by atoms with Gasteiger partial charge < -0.3 is 5.32 Å². The van der Waals surface area contributed by atoms with Crippen LogP contribution in [0.3, 0.4) is 0 Å². The Balaban J connectivity index is 2.45. The molecule has 1 atom stereocenters.